The summed E-state index contributed by atoms with van der Waals surface area (Å²) in [5, 5.41) is 4.92. The van der Waals surface area contributed by atoms with Crippen LogP contribution in [0.1, 0.15) is 41.3 Å². The topological polar surface area (TPSA) is 67.1 Å². The van der Waals surface area contributed by atoms with Crippen molar-refractivity contribution in [1.82, 2.24) is 14.9 Å². The van der Waals surface area contributed by atoms with Crippen molar-refractivity contribution in [3.63, 3.8) is 0 Å². The van der Waals surface area contributed by atoms with Crippen LogP contribution < -0.4 is 11.1 Å². The predicted octanol–water partition coefficient (Wildman–Crippen LogP) is 3.08. The Bertz CT molecular complexity index is 660. The standard InChI is InChI=1S/C18H25N5S/c19-17-7-6-14(11-20-17)21-13-3-2-9-23(10-8-13)12-18-22-15-4-1-5-16(15)24-18/h6-7,11,13,21H,1-5,8-10,12H2,(H2,19,20). The van der Waals surface area contributed by atoms with E-state index in [4.69, 9.17) is 10.7 Å². The van der Waals surface area contributed by atoms with Crippen LogP contribution in [0.4, 0.5) is 11.5 Å². The number of nitrogens with two attached hydrogens (primary N) is 1. The van der Waals surface area contributed by atoms with Gasteiger partial charge in [-0.25, -0.2) is 9.97 Å². The van der Waals surface area contributed by atoms with E-state index in [1.165, 1.54) is 54.2 Å². The van der Waals surface area contributed by atoms with Crippen LogP contribution in [0, 0.1) is 0 Å². The number of hydrogen-bond donors (Lipinski definition) is 2. The zero-order valence-corrected chi connectivity index (χ0v) is 14.8. The lowest BCUT2D eigenvalue weighted by molar-refractivity contribution is 0.275. The number of fused-ring (bicyclic) bond motifs is 1. The molecule has 0 spiro atoms. The van der Waals surface area contributed by atoms with Gasteiger partial charge in [0.15, 0.2) is 0 Å². The van der Waals surface area contributed by atoms with Gasteiger partial charge in [0, 0.05) is 17.5 Å². The smallest absolute Gasteiger partial charge is 0.123 e. The third kappa shape index (κ3) is 3.70. The lowest BCUT2D eigenvalue weighted by Gasteiger charge is -2.19. The number of hydrogen-bond acceptors (Lipinski definition) is 6. The second kappa shape index (κ2) is 7.07. The molecular weight excluding hydrogens is 318 g/mol. The Morgan fingerprint density at radius 1 is 1.21 bits per heavy atom. The van der Waals surface area contributed by atoms with E-state index in [0.717, 1.165) is 25.2 Å². The first-order valence-electron chi connectivity index (χ1n) is 8.94. The molecule has 6 heteroatoms. The molecule has 1 fully saturated rings. The quantitative estimate of drug-likeness (QED) is 0.893. The monoisotopic (exact) mass is 343 g/mol. The van der Waals surface area contributed by atoms with Crippen molar-refractivity contribution >= 4 is 22.8 Å². The van der Waals surface area contributed by atoms with E-state index in [1.54, 1.807) is 0 Å². The van der Waals surface area contributed by atoms with Crippen LogP contribution in [-0.2, 0) is 19.4 Å². The number of aromatic nitrogens is 2. The van der Waals surface area contributed by atoms with Crippen molar-refractivity contribution in [3.8, 4) is 0 Å². The fourth-order valence-electron chi connectivity index (χ4n) is 3.69. The predicted molar refractivity (Wildman–Crippen MR) is 99.3 cm³/mol. The van der Waals surface area contributed by atoms with E-state index >= 15 is 0 Å². The molecule has 5 nitrogen and oxygen atoms in total. The maximum absolute atomic E-state index is 5.65. The molecule has 1 aliphatic carbocycles. The number of likely N-dealkylation sites (tertiary alicyclic amines) is 1. The number of pyridine rings is 1. The van der Waals surface area contributed by atoms with Gasteiger partial charge in [0.05, 0.1) is 24.1 Å². The summed E-state index contributed by atoms with van der Waals surface area (Å²) in [6, 6.07) is 4.39. The summed E-state index contributed by atoms with van der Waals surface area (Å²) < 4.78 is 0. The molecule has 128 valence electrons. The number of nitrogens with one attached hydrogen (secondary N) is 1. The first-order valence-corrected chi connectivity index (χ1v) is 9.76. The molecular formula is C18H25N5S. The number of nitrogen functional groups attached to an aromatic ring is 1. The number of thiazole rings is 1. The van der Waals surface area contributed by atoms with Gasteiger partial charge in [-0.05, 0) is 57.2 Å². The van der Waals surface area contributed by atoms with Crippen molar-refractivity contribution in [2.75, 3.05) is 24.1 Å². The van der Waals surface area contributed by atoms with Gasteiger partial charge in [0.1, 0.15) is 10.8 Å². The fraction of sp³-hybridized carbons (Fsp3) is 0.556. The molecule has 0 bridgehead atoms. The van der Waals surface area contributed by atoms with Gasteiger partial charge in [-0.1, -0.05) is 0 Å². The van der Waals surface area contributed by atoms with Crippen LogP contribution in [0.15, 0.2) is 18.3 Å². The van der Waals surface area contributed by atoms with E-state index in [2.05, 4.69) is 15.2 Å². The lowest BCUT2D eigenvalue weighted by atomic mass is 10.1. The summed E-state index contributed by atoms with van der Waals surface area (Å²) in [5.74, 6) is 0.572. The number of anilines is 2. The molecule has 2 aromatic rings. The average Bonchev–Trinajstić information content (AvgIpc) is 3.08. The largest absolute Gasteiger partial charge is 0.384 e. The average molecular weight is 344 g/mol. The molecule has 3 heterocycles. The molecule has 0 radical (unpaired) electrons. The van der Waals surface area contributed by atoms with Gasteiger partial charge in [0.25, 0.3) is 0 Å². The van der Waals surface area contributed by atoms with E-state index in [9.17, 15) is 0 Å². The van der Waals surface area contributed by atoms with Crippen LogP contribution in [0.5, 0.6) is 0 Å². The molecule has 1 unspecified atom stereocenters. The van der Waals surface area contributed by atoms with Crippen molar-refractivity contribution in [1.29, 1.82) is 0 Å². The first-order chi connectivity index (χ1) is 11.8. The number of nitrogens with zero attached hydrogens (tertiary/aromatic N) is 3. The Labute approximate surface area is 147 Å². The molecule has 1 aliphatic heterocycles. The van der Waals surface area contributed by atoms with Gasteiger partial charge < -0.3 is 11.1 Å². The highest BCUT2D eigenvalue weighted by Crippen LogP contribution is 2.28. The highest BCUT2D eigenvalue weighted by molar-refractivity contribution is 7.11. The molecule has 0 aromatic carbocycles. The van der Waals surface area contributed by atoms with Crippen LogP contribution >= 0.6 is 11.3 Å². The Morgan fingerprint density at radius 2 is 2.17 bits per heavy atom. The number of aryl methyl sites for hydroxylation is 2. The van der Waals surface area contributed by atoms with E-state index in [-0.39, 0.29) is 0 Å². The second-order valence-electron chi connectivity index (χ2n) is 6.85. The van der Waals surface area contributed by atoms with Gasteiger partial charge in [0.2, 0.25) is 0 Å². The number of rotatable bonds is 4. The van der Waals surface area contributed by atoms with E-state index in [0.29, 0.717) is 11.9 Å². The molecule has 4 rings (SSSR count). The zero-order chi connectivity index (χ0) is 16.4. The maximum Gasteiger partial charge on any atom is 0.123 e. The van der Waals surface area contributed by atoms with Gasteiger partial charge >= 0.3 is 0 Å². The minimum atomic E-state index is 0.515. The maximum atomic E-state index is 5.65. The summed E-state index contributed by atoms with van der Waals surface area (Å²) in [6.45, 7) is 3.32. The fourth-order valence-corrected chi connectivity index (χ4v) is 4.89. The van der Waals surface area contributed by atoms with Crippen LogP contribution in [0.2, 0.25) is 0 Å². The van der Waals surface area contributed by atoms with Crippen molar-refractivity contribution < 1.29 is 0 Å². The highest BCUT2D eigenvalue weighted by Gasteiger charge is 2.21. The normalized spacial score (nSPS) is 21.4. The second-order valence-corrected chi connectivity index (χ2v) is 8.02. The minimum Gasteiger partial charge on any atom is -0.384 e. The van der Waals surface area contributed by atoms with Gasteiger partial charge in [-0.2, -0.15) is 0 Å². The summed E-state index contributed by atoms with van der Waals surface area (Å²) in [6.07, 6.45) is 9.15. The van der Waals surface area contributed by atoms with Crippen molar-refractivity contribution in [2.24, 2.45) is 0 Å². The Hall–Kier alpha value is -1.66. The third-order valence-corrected chi connectivity index (χ3v) is 6.12. The van der Waals surface area contributed by atoms with E-state index in [1.807, 2.05) is 29.7 Å². The molecule has 1 atom stereocenters. The van der Waals surface area contributed by atoms with Crippen molar-refractivity contribution in [2.45, 2.75) is 51.1 Å². The molecule has 3 N–H and O–H groups in total. The van der Waals surface area contributed by atoms with Crippen LogP contribution in [-0.4, -0.2) is 34.0 Å². The lowest BCUT2D eigenvalue weighted by Crippen LogP contribution is -2.26. The summed E-state index contributed by atoms with van der Waals surface area (Å²) in [7, 11) is 0. The molecule has 2 aliphatic rings. The third-order valence-electron chi connectivity index (χ3n) is 4.98. The molecule has 2 aromatic heterocycles. The van der Waals surface area contributed by atoms with Gasteiger partial charge in [-0.15, -0.1) is 11.3 Å². The highest BCUT2D eigenvalue weighted by atomic mass is 32.1. The Morgan fingerprint density at radius 3 is 3.00 bits per heavy atom. The molecule has 24 heavy (non-hydrogen) atoms. The van der Waals surface area contributed by atoms with Crippen LogP contribution in [0.3, 0.4) is 0 Å². The molecule has 0 amide bonds. The summed E-state index contributed by atoms with van der Waals surface area (Å²) >= 11 is 1.94. The van der Waals surface area contributed by atoms with Crippen LogP contribution in [0.25, 0.3) is 0 Å². The zero-order valence-electron chi connectivity index (χ0n) is 14.0. The first kappa shape index (κ1) is 15.8. The molecule has 0 saturated carbocycles. The molecule has 1 saturated heterocycles. The summed E-state index contributed by atoms with van der Waals surface area (Å²) in [5.41, 5.74) is 8.10. The SMILES string of the molecule is Nc1ccc(NC2CCCN(Cc3nc4c(s3)CCC4)CC2)cn1. The Kier molecular flexibility index (Phi) is 4.67. The van der Waals surface area contributed by atoms with E-state index < -0.39 is 0 Å². The minimum absolute atomic E-state index is 0.515. The summed E-state index contributed by atoms with van der Waals surface area (Å²) in [4.78, 5) is 13.1. The Balaban J connectivity index is 1.31. The van der Waals surface area contributed by atoms with Gasteiger partial charge in [-0.3, -0.25) is 4.90 Å². The van der Waals surface area contributed by atoms with Crippen molar-refractivity contribution in [3.05, 3.63) is 33.9 Å².